The second-order valence-corrected chi connectivity index (χ2v) is 5.87. The lowest BCUT2D eigenvalue weighted by molar-refractivity contribution is 0.284. The van der Waals surface area contributed by atoms with Gasteiger partial charge in [-0.25, -0.2) is 4.98 Å². The van der Waals surface area contributed by atoms with E-state index in [2.05, 4.69) is 16.5 Å². The maximum atomic E-state index is 6.30. The molecule has 2 aromatic rings. The number of nitrogens with two attached hydrogens (primary N) is 1. The summed E-state index contributed by atoms with van der Waals surface area (Å²) in [7, 11) is 0. The summed E-state index contributed by atoms with van der Waals surface area (Å²) < 4.78 is 2.20. The highest BCUT2D eigenvalue weighted by atomic mass is 35.5. The lowest BCUT2D eigenvalue weighted by Crippen LogP contribution is -2.40. The van der Waals surface area contributed by atoms with Gasteiger partial charge in [0.2, 0.25) is 0 Å². The van der Waals surface area contributed by atoms with E-state index in [1.54, 1.807) is 0 Å². The Hall–Kier alpha value is -1.32. The van der Waals surface area contributed by atoms with Crippen LogP contribution >= 0.6 is 11.6 Å². The summed E-state index contributed by atoms with van der Waals surface area (Å²) in [5.74, 6) is 0.646. The minimum atomic E-state index is -0.0645. The van der Waals surface area contributed by atoms with Crippen LogP contribution in [0.3, 0.4) is 0 Å². The van der Waals surface area contributed by atoms with Crippen LogP contribution in [-0.2, 0) is 5.54 Å². The number of aromatic nitrogens is 2. The number of rotatable bonds is 4. The van der Waals surface area contributed by atoms with E-state index in [0.717, 1.165) is 16.3 Å². The smallest absolute Gasteiger partial charge is 0.0956 e. The van der Waals surface area contributed by atoms with Crippen molar-refractivity contribution in [1.29, 1.82) is 0 Å². The Kier molecular flexibility index (Phi) is 3.11. The average molecular weight is 276 g/mol. The second kappa shape index (κ2) is 4.66. The normalized spacial score (nSPS) is 18.3. The molecule has 4 heteroatoms. The predicted molar refractivity (Wildman–Crippen MR) is 78.1 cm³/mol. The molecule has 0 spiro atoms. The molecular formula is C15H18ClN3. The first-order valence-electron chi connectivity index (χ1n) is 6.64. The van der Waals surface area contributed by atoms with Gasteiger partial charge in [-0.1, -0.05) is 29.8 Å². The summed E-state index contributed by atoms with van der Waals surface area (Å²) in [6.07, 6.45) is 6.24. The molecule has 1 aliphatic rings. The first kappa shape index (κ1) is 12.7. The van der Waals surface area contributed by atoms with Crippen LogP contribution in [0.25, 0.3) is 11.3 Å². The zero-order valence-corrected chi connectivity index (χ0v) is 11.8. The summed E-state index contributed by atoms with van der Waals surface area (Å²) >= 11 is 6.30. The van der Waals surface area contributed by atoms with Gasteiger partial charge in [-0.3, -0.25) is 0 Å². The topological polar surface area (TPSA) is 43.8 Å². The molecule has 1 aromatic carbocycles. The average Bonchev–Trinajstić information content (AvgIpc) is 3.17. The van der Waals surface area contributed by atoms with Gasteiger partial charge in [0.15, 0.2) is 0 Å². The molecule has 100 valence electrons. The van der Waals surface area contributed by atoms with E-state index in [0.29, 0.717) is 12.5 Å². The Morgan fingerprint density at radius 2 is 2.16 bits per heavy atom. The standard InChI is InChI=1S/C15H18ClN3/c1-15(9-17,11-6-7-11)19-10-18-8-14(19)12-4-2-3-5-13(12)16/h2-5,8,10-11H,6-7,9,17H2,1H3. The van der Waals surface area contributed by atoms with Gasteiger partial charge in [0.05, 0.1) is 23.8 Å². The molecule has 1 fully saturated rings. The monoisotopic (exact) mass is 275 g/mol. The Balaban J connectivity index is 2.10. The second-order valence-electron chi connectivity index (χ2n) is 5.46. The van der Waals surface area contributed by atoms with Gasteiger partial charge in [-0.2, -0.15) is 0 Å². The van der Waals surface area contributed by atoms with Crippen LogP contribution in [0, 0.1) is 5.92 Å². The molecule has 1 aliphatic carbocycles. The zero-order chi connectivity index (χ0) is 13.5. The fourth-order valence-corrected chi connectivity index (χ4v) is 2.97. The number of hydrogen-bond acceptors (Lipinski definition) is 2. The molecule has 1 saturated carbocycles. The first-order chi connectivity index (χ1) is 9.16. The van der Waals surface area contributed by atoms with Crippen molar-refractivity contribution >= 4 is 11.6 Å². The first-order valence-corrected chi connectivity index (χ1v) is 7.02. The van der Waals surface area contributed by atoms with Gasteiger partial charge in [-0.05, 0) is 31.7 Å². The fourth-order valence-electron chi connectivity index (χ4n) is 2.74. The van der Waals surface area contributed by atoms with E-state index in [4.69, 9.17) is 17.3 Å². The van der Waals surface area contributed by atoms with Crippen LogP contribution in [0.4, 0.5) is 0 Å². The number of benzene rings is 1. The highest BCUT2D eigenvalue weighted by Crippen LogP contribution is 2.45. The summed E-state index contributed by atoms with van der Waals surface area (Å²) in [6.45, 7) is 2.83. The molecule has 3 nitrogen and oxygen atoms in total. The summed E-state index contributed by atoms with van der Waals surface area (Å²) in [6, 6.07) is 7.87. The largest absolute Gasteiger partial charge is 0.328 e. The van der Waals surface area contributed by atoms with Crippen LogP contribution < -0.4 is 5.73 Å². The molecule has 1 atom stereocenters. The van der Waals surface area contributed by atoms with Crippen molar-refractivity contribution in [1.82, 2.24) is 9.55 Å². The zero-order valence-electron chi connectivity index (χ0n) is 11.0. The third kappa shape index (κ3) is 2.07. The van der Waals surface area contributed by atoms with Crippen molar-refractivity contribution in [2.45, 2.75) is 25.3 Å². The number of hydrogen-bond donors (Lipinski definition) is 1. The quantitative estimate of drug-likeness (QED) is 0.930. The van der Waals surface area contributed by atoms with E-state index in [9.17, 15) is 0 Å². The lowest BCUT2D eigenvalue weighted by atomic mass is 9.94. The predicted octanol–water partition coefficient (Wildman–Crippen LogP) is 3.29. The molecule has 0 bridgehead atoms. The number of halogens is 1. The SMILES string of the molecule is CC(CN)(C1CC1)n1cncc1-c1ccccc1Cl. The number of nitrogens with zero attached hydrogens (tertiary/aromatic N) is 2. The molecule has 19 heavy (non-hydrogen) atoms. The van der Waals surface area contributed by atoms with E-state index in [1.165, 1.54) is 12.8 Å². The van der Waals surface area contributed by atoms with Crippen molar-refractivity contribution in [3.63, 3.8) is 0 Å². The Bertz CT molecular complexity index is 589. The molecule has 0 aliphatic heterocycles. The molecule has 0 radical (unpaired) electrons. The molecule has 1 aromatic heterocycles. The van der Waals surface area contributed by atoms with Gasteiger partial charge in [0, 0.05) is 17.1 Å². The molecule has 0 saturated heterocycles. The van der Waals surface area contributed by atoms with E-state index < -0.39 is 0 Å². The maximum Gasteiger partial charge on any atom is 0.0956 e. The van der Waals surface area contributed by atoms with Gasteiger partial charge in [0.25, 0.3) is 0 Å². The van der Waals surface area contributed by atoms with Crippen LogP contribution in [0.15, 0.2) is 36.8 Å². The van der Waals surface area contributed by atoms with Gasteiger partial charge >= 0.3 is 0 Å². The number of imidazole rings is 1. The third-order valence-electron chi connectivity index (χ3n) is 4.21. The molecular weight excluding hydrogens is 258 g/mol. The third-order valence-corrected chi connectivity index (χ3v) is 4.54. The lowest BCUT2D eigenvalue weighted by Gasteiger charge is -2.32. The summed E-state index contributed by atoms with van der Waals surface area (Å²) in [5.41, 5.74) is 8.04. The minimum Gasteiger partial charge on any atom is -0.328 e. The van der Waals surface area contributed by atoms with Crippen LogP contribution in [0.5, 0.6) is 0 Å². The minimum absolute atomic E-state index is 0.0645. The summed E-state index contributed by atoms with van der Waals surface area (Å²) in [4.78, 5) is 4.31. The van der Waals surface area contributed by atoms with E-state index in [1.807, 2.05) is 36.8 Å². The Labute approximate surface area is 118 Å². The summed E-state index contributed by atoms with van der Waals surface area (Å²) in [5, 5.41) is 0.749. The molecule has 2 N–H and O–H groups in total. The highest BCUT2D eigenvalue weighted by molar-refractivity contribution is 6.33. The van der Waals surface area contributed by atoms with Gasteiger partial charge in [0.1, 0.15) is 0 Å². The van der Waals surface area contributed by atoms with Crippen LogP contribution in [0.1, 0.15) is 19.8 Å². The molecule has 1 unspecified atom stereocenters. The van der Waals surface area contributed by atoms with Crippen molar-refractivity contribution < 1.29 is 0 Å². The maximum absolute atomic E-state index is 6.30. The highest BCUT2D eigenvalue weighted by Gasteiger charge is 2.42. The molecule has 3 rings (SSSR count). The van der Waals surface area contributed by atoms with Crippen LogP contribution in [-0.4, -0.2) is 16.1 Å². The van der Waals surface area contributed by atoms with Crippen molar-refractivity contribution in [2.75, 3.05) is 6.54 Å². The Morgan fingerprint density at radius 1 is 1.42 bits per heavy atom. The molecule has 1 heterocycles. The van der Waals surface area contributed by atoms with Crippen molar-refractivity contribution in [3.8, 4) is 11.3 Å². The van der Waals surface area contributed by atoms with Gasteiger partial charge < -0.3 is 10.3 Å². The fraction of sp³-hybridized carbons (Fsp3) is 0.400. The molecule has 0 amide bonds. The van der Waals surface area contributed by atoms with E-state index in [-0.39, 0.29) is 5.54 Å². The Morgan fingerprint density at radius 3 is 2.79 bits per heavy atom. The van der Waals surface area contributed by atoms with Gasteiger partial charge in [-0.15, -0.1) is 0 Å². The van der Waals surface area contributed by atoms with E-state index >= 15 is 0 Å². The van der Waals surface area contributed by atoms with Crippen LogP contribution in [0.2, 0.25) is 5.02 Å². The van der Waals surface area contributed by atoms with Crippen molar-refractivity contribution in [3.05, 3.63) is 41.8 Å². The van der Waals surface area contributed by atoms with Crippen molar-refractivity contribution in [2.24, 2.45) is 11.7 Å².